The molecule has 140 valence electrons. The molecule has 0 aromatic rings. The van der Waals surface area contributed by atoms with E-state index in [1.807, 2.05) is 0 Å². The highest BCUT2D eigenvalue weighted by Gasteiger charge is 2.84. The van der Waals surface area contributed by atoms with Crippen LogP contribution in [0.2, 0.25) is 0 Å². The number of nitrogens with one attached hydrogen (secondary N) is 1. The van der Waals surface area contributed by atoms with Crippen molar-refractivity contribution in [2.75, 3.05) is 6.61 Å². The van der Waals surface area contributed by atoms with Gasteiger partial charge < -0.3 is 50.4 Å². The minimum Gasteiger partial charge on any atom is -0.388 e. The fourth-order valence-electron chi connectivity index (χ4n) is 5.12. The summed E-state index contributed by atoms with van der Waals surface area (Å²) in [5, 5.41) is 45.7. The number of aliphatic hydroxyl groups excluding tert-OH is 3. The molecule has 4 bridgehead atoms. The minimum atomic E-state index is -2.38. The second-order valence-electron chi connectivity index (χ2n) is 7.81. The Hall–Kier alpha value is -1.05. The van der Waals surface area contributed by atoms with E-state index in [-0.39, 0.29) is 12.6 Å². The molecule has 0 aromatic carbocycles. The lowest BCUT2D eigenvalue weighted by Gasteiger charge is -2.71. The minimum absolute atomic E-state index is 0.0110. The van der Waals surface area contributed by atoms with Crippen LogP contribution in [0.4, 0.5) is 0 Å². The molecule has 5 heterocycles. The van der Waals surface area contributed by atoms with Gasteiger partial charge in [-0.1, -0.05) is 0 Å². The van der Waals surface area contributed by atoms with Gasteiger partial charge in [0.05, 0.1) is 12.5 Å². The summed E-state index contributed by atoms with van der Waals surface area (Å²) in [6.45, 7) is 3.41. The van der Waals surface area contributed by atoms with Crippen molar-refractivity contribution in [1.29, 1.82) is 0 Å². The number of ether oxygens (including phenoxy) is 4. The van der Waals surface area contributed by atoms with Crippen molar-refractivity contribution in [2.45, 2.75) is 67.4 Å². The SMILES string of the molecule is CC1(C)OC[C@]2(O1)[C@@H]1O[C@]3(O)O[C@H]2[C@@H](O)[C@@]2(NC(N)=N[C@H](O)[C@@H]12)[C@@H]3O. The molecule has 11 nitrogen and oxygen atoms in total. The molecule has 0 radical (unpaired) electrons. The average Bonchev–Trinajstić information content (AvgIpc) is 2.82. The number of guanidine groups is 1. The maximum atomic E-state index is 11.1. The first-order valence-corrected chi connectivity index (χ1v) is 8.13. The Morgan fingerprint density at radius 3 is 2.52 bits per heavy atom. The van der Waals surface area contributed by atoms with Crippen molar-refractivity contribution in [3.63, 3.8) is 0 Å². The summed E-state index contributed by atoms with van der Waals surface area (Å²) in [5.74, 6) is -4.48. The predicted molar refractivity (Wildman–Crippen MR) is 77.5 cm³/mol. The quantitative estimate of drug-likeness (QED) is 0.253. The smallest absolute Gasteiger partial charge is 0.311 e. The van der Waals surface area contributed by atoms with Crippen molar-refractivity contribution in [1.82, 2.24) is 5.32 Å². The van der Waals surface area contributed by atoms with E-state index in [1.165, 1.54) is 0 Å². The van der Waals surface area contributed by atoms with Crippen LogP contribution in [-0.4, -0.2) is 86.5 Å². The second kappa shape index (κ2) is 4.26. The van der Waals surface area contributed by atoms with Crippen LogP contribution in [-0.2, 0) is 18.9 Å². The summed E-state index contributed by atoms with van der Waals surface area (Å²) in [4.78, 5) is 3.88. The second-order valence-corrected chi connectivity index (χ2v) is 7.81. The normalized spacial score (nSPS) is 61.1. The summed E-state index contributed by atoms with van der Waals surface area (Å²) >= 11 is 0. The number of rotatable bonds is 0. The van der Waals surface area contributed by atoms with Gasteiger partial charge in [0.1, 0.15) is 23.9 Å². The van der Waals surface area contributed by atoms with Gasteiger partial charge in [0.25, 0.3) is 0 Å². The molecule has 1 aliphatic carbocycles. The van der Waals surface area contributed by atoms with Crippen LogP contribution >= 0.6 is 0 Å². The highest BCUT2D eigenvalue weighted by atomic mass is 16.9. The molecule has 4 saturated heterocycles. The van der Waals surface area contributed by atoms with Gasteiger partial charge in [0, 0.05) is 0 Å². The van der Waals surface area contributed by atoms with Gasteiger partial charge in [-0.3, -0.25) is 0 Å². The molecule has 25 heavy (non-hydrogen) atoms. The zero-order chi connectivity index (χ0) is 18.0. The first-order valence-electron chi connectivity index (χ1n) is 8.13. The number of aliphatic hydroxyl groups is 4. The van der Waals surface area contributed by atoms with E-state index < -0.39 is 59.5 Å². The molecule has 2 spiro atoms. The van der Waals surface area contributed by atoms with Crippen molar-refractivity contribution < 1.29 is 39.4 Å². The van der Waals surface area contributed by atoms with Crippen molar-refractivity contribution in [3.8, 4) is 0 Å². The van der Waals surface area contributed by atoms with Crippen LogP contribution in [0.3, 0.4) is 0 Å². The molecule has 1 saturated carbocycles. The molecule has 6 aliphatic rings. The lowest BCUT2D eigenvalue weighted by molar-refractivity contribution is -0.547. The number of nitrogens with zero attached hydrogens (tertiary/aromatic N) is 1. The third-order valence-corrected chi connectivity index (χ3v) is 6.03. The Labute approximate surface area is 142 Å². The lowest BCUT2D eigenvalue weighted by Crippen LogP contribution is -2.95. The molecular formula is C14H21N3O8. The van der Waals surface area contributed by atoms with E-state index in [0.717, 1.165) is 0 Å². The van der Waals surface area contributed by atoms with E-state index >= 15 is 0 Å². The van der Waals surface area contributed by atoms with Crippen LogP contribution in [0.1, 0.15) is 13.8 Å². The van der Waals surface area contributed by atoms with Crippen molar-refractivity contribution in [3.05, 3.63) is 0 Å². The number of aliphatic imine (C=N–C) groups is 1. The van der Waals surface area contributed by atoms with Crippen LogP contribution in [0.5, 0.6) is 0 Å². The predicted octanol–water partition coefficient (Wildman–Crippen LogP) is -3.72. The van der Waals surface area contributed by atoms with E-state index in [9.17, 15) is 20.4 Å². The third-order valence-electron chi connectivity index (χ3n) is 6.03. The Kier molecular flexibility index (Phi) is 2.75. The van der Waals surface area contributed by atoms with Crippen molar-refractivity contribution in [2.24, 2.45) is 16.6 Å². The highest BCUT2D eigenvalue weighted by molar-refractivity contribution is 5.80. The Balaban J connectivity index is 1.71. The van der Waals surface area contributed by atoms with Gasteiger partial charge in [-0.15, -0.1) is 0 Å². The van der Waals surface area contributed by atoms with Gasteiger partial charge in [-0.05, 0) is 13.8 Å². The van der Waals surface area contributed by atoms with E-state index in [0.29, 0.717) is 0 Å². The molecule has 0 unspecified atom stereocenters. The Morgan fingerprint density at radius 1 is 1.20 bits per heavy atom. The number of nitrogens with two attached hydrogens (primary N) is 1. The van der Waals surface area contributed by atoms with Crippen LogP contribution in [0.15, 0.2) is 4.99 Å². The van der Waals surface area contributed by atoms with Gasteiger partial charge in [0.2, 0.25) is 0 Å². The molecule has 9 atom stereocenters. The number of hydrogen-bond acceptors (Lipinski definition) is 11. The first-order chi connectivity index (χ1) is 11.6. The fraction of sp³-hybridized carbons (Fsp3) is 0.929. The standard InChI is InChI=1S/C14H21N3O8/c1-11(2)22-3-12(25-11)6-4-8(19)16-10(15)17-13(4)5(18)7(12)24-14(21,23-6)9(13)20/h4-9,18-21H,3H2,1-2H3,(H3,15,16,17)/t4-,5-,6-,7+,8-,9+,12+,13-,14+/m1/s1. The first kappa shape index (κ1) is 16.1. The monoisotopic (exact) mass is 359 g/mol. The van der Waals surface area contributed by atoms with Crippen molar-refractivity contribution >= 4 is 5.96 Å². The maximum Gasteiger partial charge on any atom is 0.311 e. The summed E-state index contributed by atoms with van der Waals surface area (Å²) in [6.07, 6.45) is -6.53. The molecule has 5 fully saturated rings. The van der Waals surface area contributed by atoms with E-state index in [2.05, 4.69) is 10.3 Å². The van der Waals surface area contributed by atoms with Crippen LogP contribution in [0.25, 0.3) is 0 Å². The summed E-state index contributed by atoms with van der Waals surface area (Å²) in [5.41, 5.74) is 2.83. The van der Waals surface area contributed by atoms with E-state index in [1.54, 1.807) is 13.8 Å². The largest absolute Gasteiger partial charge is 0.388 e. The Bertz CT molecular complexity index is 674. The van der Waals surface area contributed by atoms with Gasteiger partial charge in [-0.2, -0.15) is 0 Å². The molecule has 11 heteroatoms. The number of hydrogen-bond donors (Lipinski definition) is 6. The lowest BCUT2D eigenvalue weighted by atomic mass is 9.55. The average molecular weight is 359 g/mol. The summed E-state index contributed by atoms with van der Waals surface area (Å²) < 4.78 is 22.8. The highest BCUT2D eigenvalue weighted by Crippen LogP contribution is 2.61. The molecule has 0 amide bonds. The van der Waals surface area contributed by atoms with E-state index in [4.69, 9.17) is 24.7 Å². The molecular weight excluding hydrogens is 338 g/mol. The van der Waals surface area contributed by atoms with Gasteiger partial charge in [-0.25, -0.2) is 4.99 Å². The van der Waals surface area contributed by atoms with Crippen LogP contribution < -0.4 is 11.1 Å². The summed E-state index contributed by atoms with van der Waals surface area (Å²) in [6, 6.07) is 0. The van der Waals surface area contributed by atoms with Gasteiger partial charge >= 0.3 is 5.97 Å². The Morgan fingerprint density at radius 2 is 1.88 bits per heavy atom. The zero-order valence-electron chi connectivity index (χ0n) is 13.6. The fourth-order valence-corrected chi connectivity index (χ4v) is 5.12. The molecule has 6 rings (SSSR count). The maximum absolute atomic E-state index is 11.1. The molecule has 7 N–H and O–H groups in total. The summed E-state index contributed by atoms with van der Waals surface area (Å²) in [7, 11) is 0. The third kappa shape index (κ3) is 1.62. The molecule has 5 aliphatic heterocycles. The van der Waals surface area contributed by atoms with Crippen LogP contribution in [0, 0.1) is 5.92 Å². The molecule has 0 aromatic heterocycles. The zero-order valence-corrected chi connectivity index (χ0v) is 13.6. The van der Waals surface area contributed by atoms with Gasteiger partial charge in [0.15, 0.2) is 29.7 Å². The topological polar surface area (TPSA) is 168 Å².